The van der Waals surface area contributed by atoms with Crippen molar-refractivity contribution in [3.05, 3.63) is 29.3 Å². The number of benzene rings is 1. The number of carbonyl (C=O) groups excluding carboxylic acids is 3. The van der Waals surface area contributed by atoms with Gasteiger partial charge in [0.05, 0.1) is 11.3 Å². The number of fused-ring (bicyclic) bond motifs is 1. The highest BCUT2D eigenvalue weighted by Gasteiger charge is 2.36. The van der Waals surface area contributed by atoms with Crippen molar-refractivity contribution < 1.29 is 14.4 Å². The molecule has 1 aromatic rings. The van der Waals surface area contributed by atoms with Gasteiger partial charge in [-0.2, -0.15) is 0 Å². The summed E-state index contributed by atoms with van der Waals surface area (Å²) in [6.07, 6.45) is 0.814. The Hall–Kier alpha value is -2.17. The number of hydrogen-bond donors (Lipinski definition) is 1. The topological polar surface area (TPSA) is 66.5 Å². The summed E-state index contributed by atoms with van der Waals surface area (Å²) in [7, 11) is 0. The van der Waals surface area contributed by atoms with E-state index in [1.165, 1.54) is 4.90 Å². The number of Topliss-reactive ketones (excluding diaryl/α,β-unsaturated/α-hetero) is 1. The average molecular weight is 274 g/mol. The molecule has 0 fully saturated rings. The maximum Gasteiger partial charge on any atom is 0.299 e. The standard InChI is InChI=1S/C15H18N2O3/c1-4-10(3)16-13(18)8-17-12-6-5-9(2)7-11(12)14(19)15(17)20/h5-7,10H,4,8H2,1-3H3,(H,16,18). The molecule has 2 amide bonds. The zero-order valence-electron chi connectivity index (χ0n) is 11.9. The van der Waals surface area contributed by atoms with Gasteiger partial charge in [0.2, 0.25) is 5.91 Å². The molecule has 0 saturated carbocycles. The number of aryl methyl sites for hydroxylation is 1. The van der Waals surface area contributed by atoms with E-state index in [1.807, 2.05) is 26.8 Å². The molecule has 1 N–H and O–H groups in total. The van der Waals surface area contributed by atoms with Crippen LogP contribution >= 0.6 is 0 Å². The highest BCUT2D eigenvalue weighted by Crippen LogP contribution is 2.29. The molecule has 0 aliphatic carbocycles. The lowest BCUT2D eigenvalue weighted by atomic mass is 10.1. The maximum absolute atomic E-state index is 12.0. The van der Waals surface area contributed by atoms with E-state index in [1.54, 1.807) is 12.1 Å². The van der Waals surface area contributed by atoms with Gasteiger partial charge in [-0.3, -0.25) is 19.3 Å². The third-order valence-electron chi connectivity index (χ3n) is 3.45. The smallest absolute Gasteiger partial charge is 0.299 e. The van der Waals surface area contributed by atoms with Crippen LogP contribution in [0.1, 0.15) is 36.2 Å². The fourth-order valence-corrected chi connectivity index (χ4v) is 2.14. The second kappa shape index (κ2) is 5.45. The Morgan fingerprint density at radius 1 is 1.35 bits per heavy atom. The molecular weight excluding hydrogens is 256 g/mol. The third kappa shape index (κ3) is 2.57. The lowest BCUT2D eigenvalue weighted by molar-refractivity contribution is -0.122. The van der Waals surface area contributed by atoms with E-state index in [2.05, 4.69) is 5.32 Å². The molecule has 1 aliphatic heterocycles. The molecule has 106 valence electrons. The molecule has 1 aliphatic rings. The van der Waals surface area contributed by atoms with Gasteiger partial charge < -0.3 is 5.32 Å². The summed E-state index contributed by atoms with van der Waals surface area (Å²) in [6.45, 7) is 5.60. The van der Waals surface area contributed by atoms with Crippen molar-refractivity contribution in [1.82, 2.24) is 5.32 Å². The van der Waals surface area contributed by atoms with Crippen molar-refractivity contribution in [3.8, 4) is 0 Å². The van der Waals surface area contributed by atoms with Crippen LogP contribution in [0, 0.1) is 6.92 Å². The molecule has 0 bridgehead atoms. The largest absolute Gasteiger partial charge is 0.352 e. The van der Waals surface area contributed by atoms with Gasteiger partial charge in [-0.05, 0) is 32.4 Å². The lowest BCUT2D eigenvalue weighted by Crippen LogP contribution is -2.42. The van der Waals surface area contributed by atoms with Gasteiger partial charge in [-0.25, -0.2) is 0 Å². The van der Waals surface area contributed by atoms with Crippen molar-refractivity contribution in [1.29, 1.82) is 0 Å². The highest BCUT2D eigenvalue weighted by molar-refractivity contribution is 6.52. The van der Waals surface area contributed by atoms with E-state index >= 15 is 0 Å². The van der Waals surface area contributed by atoms with Gasteiger partial charge in [0.1, 0.15) is 6.54 Å². The van der Waals surface area contributed by atoms with E-state index < -0.39 is 11.7 Å². The maximum atomic E-state index is 12.0. The second-order valence-electron chi connectivity index (χ2n) is 5.12. The number of ketones is 1. The fourth-order valence-electron chi connectivity index (χ4n) is 2.14. The zero-order valence-corrected chi connectivity index (χ0v) is 11.9. The molecule has 2 rings (SSSR count). The van der Waals surface area contributed by atoms with Crippen molar-refractivity contribution in [2.45, 2.75) is 33.2 Å². The van der Waals surface area contributed by atoms with Crippen LogP contribution in [0.5, 0.6) is 0 Å². The highest BCUT2D eigenvalue weighted by atomic mass is 16.2. The number of amides is 2. The Labute approximate surface area is 118 Å². The predicted octanol–water partition coefficient (Wildman–Crippen LogP) is 1.44. The fraction of sp³-hybridized carbons (Fsp3) is 0.400. The molecule has 20 heavy (non-hydrogen) atoms. The van der Waals surface area contributed by atoms with E-state index in [0.717, 1.165) is 12.0 Å². The van der Waals surface area contributed by atoms with Gasteiger partial charge in [0, 0.05) is 6.04 Å². The van der Waals surface area contributed by atoms with E-state index in [9.17, 15) is 14.4 Å². The number of nitrogens with one attached hydrogen (secondary N) is 1. The first-order chi connectivity index (χ1) is 9.43. The Morgan fingerprint density at radius 2 is 2.05 bits per heavy atom. The van der Waals surface area contributed by atoms with Crippen molar-refractivity contribution in [3.63, 3.8) is 0 Å². The minimum Gasteiger partial charge on any atom is -0.352 e. The predicted molar refractivity (Wildman–Crippen MR) is 75.8 cm³/mol. The van der Waals surface area contributed by atoms with Gasteiger partial charge in [-0.1, -0.05) is 18.6 Å². The van der Waals surface area contributed by atoms with E-state index in [0.29, 0.717) is 11.3 Å². The van der Waals surface area contributed by atoms with Crippen LogP contribution in [0.2, 0.25) is 0 Å². The summed E-state index contributed by atoms with van der Waals surface area (Å²) in [5.41, 5.74) is 1.81. The average Bonchev–Trinajstić information content (AvgIpc) is 2.63. The lowest BCUT2D eigenvalue weighted by Gasteiger charge is -2.18. The minimum atomic E-state index is -0.634. The van der Waals surface area contributed by atoms with E-state index in [4.69, 9.17) is 0 Å². The Kier molecular flexibility index (Phi) is 3.88. The molecular formula is C15H18N2O3. The quantitative estimate of drug-likeness (QED) is 0.845. The number of carbonyl (C=O) groups is 3. The van der Waals surface area contributed by atoms with Crippen molar-refractivity contribution in [2.75, 3.05) is 11.4 Å². The molecule has 1 atom stereocenters. The monoisotopic (exact) mass is 274 g/mol. The minimum absolute atomic E-state index is 0.0494. The number of rotatable bonds is 4. The second-order valence-corrected chi connectivity index (χ2v) is 5.12. The first kappa shape index (κ1) is 14.2. The molecule has 1 heterocycles. The van der Waals surface area contributed by atoms with E-state index in [-0.39, 0.29) is 18.5 Å². The number of nitrogens with zero attached hydrogens (tertiary/aromatic N) is 1. The summed E-state index contributed by atoms with van der Waals surface area (Å²) in [6, 6.07) is 5.27. The van der Waals surface area contributed by atoms with Gasteiger partial charge >= 0.3 is 0 Å². The third-order valence-corrected chi connectivity index (χ3v) is 3.45. The SMILES string of the molecule is CCC(C)NC(=O)CN1C(=O)C(=O)c2cc(C)ccc21. The van der Waals surface area contributed by atoms with Crippen LogP contribution in [0.25, 0.3) is 0 Å². The Bertz CT molecular complexity index is 580. The number of hydrogen-bond acceptors (Lipinski definition) is 3. The zero-order chi connectivity index (χ0) is 14.9. The summed E-state index contributed by atoms with van der Waals surface area (Å²) in [4.78, 5) is 37.0. The summed E-state index contributed by atoms with van der Waals surface area (Å²) in [5.74, 6) is -1.43. The van der Waals surface area contributed by atoms with Crippen molar-refractivity contribution >= 4 is 23.3 Å². The molecule has 0 radical (unpaired) electrons. The summed E-state index contributed by atoms with van der Waals surface area (Å²) >= 11 is 0. The van der Waals surface area contributed by atoms with Crippen LogP contribution in [-0.4, -0.2) is 30.2 Å². The van der Waals surface area contributed by atoms with Gasteiger partial charge in [0.15, 0.2) is 0 Å². The molecule has 5 nitrogen and oxygen atoms in total. The molecule has 1 unspecified atom stereocenters. The van der Waals surface area contributed by atoms with Gasteiger partial charge in [0.25, 0.3) is 11.7 Å². The molecule has 5 heteroatoms. The van der Waals surface area contributed by atoms with Crippen LogP contribution < -0.4 is 10.2 Å². The first-order valence-corrected chi connectivity index (χ1v) is 6.70. The Balaban J connectivity index is 2.20. The van der Waals surface area contributed by atoms with Gasteiger partial charge in [-0.15, -0.1) is 0 Å². The molecule has 0 spiro atoms. The first-order valence-electron chi connectivity index (χ1n) is 6.70. The Morgan fingerprint density at radius 3 is 2.70 bits per heavy atom. The van der Waals surface area contributed by atoms with Crippen LogP contribution in [0.4, 0.5) is 5.69 Å². The molecule has 0 saturated heterocycles. The number of anilines is 1. The summed E-state index contributed by atoms with van der Waals surface area (Å²) in [5, 5.41) is 2.79. The van der Waals surface area contributed by atoms with Crippen molar-refractivity contribution in [2.24, 2.45) is 0 Å². The summed E-state index contributed by atoms with van der Waals surface area (Å²) < 4.78 is 0. The van der Waals surface area contributed by atoms with Crippen LogP contribution in [0.15, 0.2) is 18.2 Å². The molecule has 1 aromatic carbocycles. The normalized spacial score (nSPS) is 15.2. The van der Waals surface area contributed by atoms with Crippen LogP contribution in [0.3, 0.4) is 0 Å². The van der Waals surface area contributed by atoms with Crippen LogP contribution in [-0.2, 0) is 9.59 Å². The molecule has 0 aromatic heterocycles.